The maximum Gasteiger partial charge on any atom is 0.156 e. The van der Waals surface area contributed by atoms with Gasteiger partial charge in [-0.1, -0.05) is 39.3 Å². The highest BCUT2D eigenvalue weighted by atomic mass is 16.3. The second-order valence-corrected chi connectivity index (χ2v) is 9.11. The first kappa shape index (κ1) is 16.0. The molecule has 3 aliphatic carbocycles. The monoisotopic (exact) mass is 302 g/mol. The van der Waals surface area contributed by atoms with Crippen LogP contribution >= 0.6 is 0 Å². The molecule has 0 aliphatic heterocycles. The molecule has 122 valence electrons. The summed E-state index contributed by atoms with van der Waals surface area (Å²) in [4.78, 5) is 12.3. The highest BCUT2D eigenvalue weighted by Gasteiger charge is 2.56. The Bertz CT molecular complexity index is 544. The molecule has 3 aliphatic rings. The van der Waals surface area contributed by atoms with E-state index in [-0.39, 0.29) is 28.1 Å². The Morgan fingerprint density at radius 2 is 1.91 bits per heavy atom. The van der Waals surface area contributed by atoms with E-state index >= 15 is 0 Å². The first-order chi connectivity index (χ1) is 10.1. The molecule has 2 heteroatoms. The third-order valence-corrected chi connectivity index (χ3v) is 7.16. The van der Waals surface area contributed by atoms with Crippen LogP contribution in [0.4, 0.5) is 0 Å². The minimum atomic E-state index is -0.369. The number of ketones is 1. The van der Waals surface area contributed by atoms with Gasteiger partial charge in [0.25, 0.3) is 0 Å². The van der Waals surface area contributed by atoms with Gasteiger partial charge in [-0.05, 0) is 54.4 Å². The van der Waals surface area contributed by atoms with Crippen LogP contribution in [0, 0.1) is 28.1 Å². The molecule has 3 rings (SSSR count). The topological polar surface area (TPSA) is 37.3 Å². The lowest BCUT2D eigenvalue weighted by atomic mass is 9.46. The molecule has 0 heterocycles. The van der Waals surface area contributed by atoms with Gasteiger partial charge in [0, 0.05) is 11.8 Å². The quantitative estimate of drug-likeness (QED) is 0.734. The number of hydrogen-bond acceptors (Lipinski definition) is 2. The fraction of sp³-hybridized carbons (Fsp3) is 0.750. The molecule has 2 saturated carbocycles. The molecule has 1 N–H and O–H groups in total. The van der Waals surface area contributed by atoms with E-state index in [2.05, 4.69) is 34.3 Å². The molecule has 0 unspecified atom stereocenters. The molecule has 0 amide bonds. The van der Waals surface area contributed by atoms with Crippen molar-refractivity contribution in [2.45, 2.75) is 65.9 Å². The summed E-state index contributed by atoms with van der Waals surface area (Å²) < 4.78 is 0. The SMILES string of the molecule is C=C[C@]1(C)C[C@@H]2CC[C@@H]3C(=CC(=O)CC3(C)C)[C@@]2(C)C[C@H]1O. The van der Waals surface area contributed by atoms with Crippen LogP contribution in [0.3, 0.4) is 0 Å². The molecule has 2 nitrogen and oxygen atoms in total. The van der Waals surface area contributed by atoms with E-state index in [0.29, 0.717) is 18.3 Å². The van der Waals surface area contributed by atoms with Crippen molar-refractivity contribution in [2.75, 3.05) is 0 Å². The molecular weight excluding hydrogens is 272 g/mol. The summed E-state index contributed by atoms with van der Waals surface area (Å²) >= 11 is 0. The summed E-state index contributed by atoms with van der Waals surface area (Å²) in [7, 11) is 0. The van der Waals surface area contributed by atoms with E-state index in [1.165, 1.54) is 18.4 Å². The maximum atomic E-state index is 12.3. The third-order valence-electron chi connectivity index (χ3n) is 7.16. The van der Waals surface area contributed by atoms with E-state index in [4.69, 9.17) is 0 Å². The van der Waals surface area contributed by atoms with E-state index in [9.17, 15) is 9.90 Å². The Kier molecular flexibility index (Phi) is 3.49. The maximum absolute atomic E-state index is 12.3. The zero-order chi connectivity index (χ0) is 16.3. The number of fused-ring (bicyclic) bond motifs is 3. The fourth-order valence-corrected chi connectivity index (χ4v) is 5.48. The molecule has 0 saturated heterocycles. The summed E-state index contributed by atoms with van der Waals surface area (Å²) in [5.74, 6) is 1.31. The zero-order valence-electron chi connectivity index (χ0n) is 14.5. The third kappa shape index (κ3) is 2.14. The van der Waals surface area contributed by atoms with Crippen molar-refractivity contribution in [2.24, 2.45) is 28.1 Å². The van der Waals surface area contributed by atoms with Gasteiger partial charge in [-0.2, -0.15) is 0 Å². The Balaban J connectivity index is 2.02. The van der Waals surface area contributed by atoms with Crippen molar-refractivity contribution in [3.63, 3.8) is 0 Å². The summed E-state index contributed by atoms with van der Waals surface area (Å²) in [5.41, 5.74) is 1.17. The Hall–Kier alpha value is -0.890. The first-order valence-electron chi connectivity index (χ1n) is 8.69. The summed E-state index contributed by atoms with van der Waals surface area (Å²) in [5, 5.41) is 10.7. The van der Waals surface area contributed by atoms with Gasteiger partial charge < -0.3 is 5.11 Å². The lowest BCUT2D eigenvalue weighted by Crippen LogP contribution is -2.53. The lowest BCUT2D eigenvalue weighted by molar-refractivity contribution is -0.120. The average molecular weight is 302 g/mol. The minimum Gasteiger partial charge on any atom is -0.392 e. The van der Waals surface area contributed by atoms with Crippen LogP contribution < -0.4 is 0 Å². The van der Waals surface area contributed by atoms with Crippen LogP contribution in [0.1, 0.15) is 59.8 Å². The Labute approximate surface area is 134 Å². The molecular formula is C20H30O2. The van der Waals surface area contributed by atoms with Gasteiger partial charge in [-0.3, -0.25) is 4.79 Å². The van der Waals surface area contributed by atoms with Gasteiger partial charge in [-0.25, -0.2) is 0 Å². The second-order valence-electron chi connectivity index (χ2n) is 9.11. The molecule has 2 fully saturated rings. The predicted molar refractivity (Wildman–Crippen MR) is 89.4 cm³/mol. The number of allylic oxidation sites excluding steroid dienone is 2. The minimum absolute atomic E-state index is 0.0296. The van der Waals surface area contributed by atoms with Crippen LogP contribution in [0.5, 0.6) is 0 Å². The van der Waals surface area contributed by atoms with Crippen molar-refractivity contribution < 1.29 is 9.90 Å². The van der Waals surface area contributed by atoms with E-state index < -0.39 is 0 Å². The lowest BCUT2D eigenvalue weighted by Gasteiger charge is -2.59. The van der Waals surface area contributed by atoms with Crippen molar-refractivity contribution in [3.05, 3.63) is 24.3 Å². The molecule has 0 aromatic carbocycles. The van der Waals surface area contributed by atoms with E-state index in [1.54, 1.807) is 0 Å². The van der Waals surface area contributed by atoms with Gasteiger partial charge in [0.2, 0.25) is 0 Å². The van der Waals surface area contributed by atoms with Gasteiger partial charge in [0.15, 0.2) is 5.78 Å². The smallest absolute Gasteiger partial charge is 0.156 e. The van der Waals surface area contributed by atoms with Crippen molar-refractivity contribution >= 4 is 5.78 Å². The van der Waals surface area contributed by atoms with Crippen LogP contribution in [-0.2, 0) is 4.79 Å². The first-order valence-corrected chi connectivity index (χ1v) is 8.69. The largest absolute Gasteiger partial charge is 0.392 e. The summed E-state index contributed by atoms with van der Waals surface area (Å²) in [6.07, 6.45) is 8.28. The van der Waals surface area contributed by atoms with Gasteiger partial charge in [-0.15, -0.1) is 6.58 Å². The van der Waals surface area contributed by atoms with E-state index in [1.807, 2.05) is 12.2 Å². The van der Waals surface area contributed by atoms with Crippen LogP contribution in [-0.4, -0.2) is 17.0 Å². The number of rotatable bonds is 1. The fourth-order valence-electron chi connectivity index (χ4n) is 5.48. The second kappa shape index (κ2) is 4.80. The normalized spacial score (nSPS) is 47.2. The van der Waals surface area contributed by atoms with E-state index in [0.717, 1.165) is 12.8 Å². The molecule has 0 bridgehead atoms. The summed E-state index contributed by atoms with van der Waals surface area (Å²) in [6, 6.07) is 0. The highest BCUT2D eigenvalue weighted by Crippen LogP contribution is 2.63. The number of carbonyl (C=O) groups is 1. The van der Waals surface area contributed by atoms with Crippen molar-refractivity contribution in [3.8, 4) is 0 Å². The van der Waals surface area contributed by atoms with Crippen molar-refractivity contribution in [1.29, 1.82) is 0 Å². The molecule has 0 aromatic rings. The standard InChI is InChI=1S/C20H30O2/c1-6-19(4)10-13-7-8-15-16(20(13,5)12-17(19)22)9-14(21)11-18(15,2)3/h6,9,13,15,17,22H,1,7-8,10-12H2,2-5H3/t13-,15+,17+,19+,20-/m0/s1. The molecule has 5 atom stereocenters. The van der Waals surface area contributed by atoms with Gasteiger partial charge in [0.05, 0.1) is 6.10 Å². The zero-order valence-corrected chi connectivity index (χ0v) is 14.5. The van der Waals surface area contributed by atoms with Gasteiger partial charge in [0.1, 0.15) is 0 Å². The number of aliphatic hydroxyl groups excluding tert-OH is 1. The Morgan fingerprint density at radius 1 is 1.23 bits per heavy atom. The average Bonchev–Trinajstić information content (AvgIpc) is 2.40. The number of carbonyl (C=O) groups excluding carboxylic acids is 1. The molecule has 22 heavy (non-hydrogen) atoms. The number of aliphatic hydroxyl groups is 1. The van der Waals surface area contributed by atoms with Crippen LogP contribution in [0.25, 0.3) is 0 Å². The number of hydrogen-bond donors (Lipinski definition) is 1. The highest BCUT2D eigenvalue weighted by molar-refractivity contribution is 5.92. The van der Waals surface area contributed by atoms with Crippen LogP contribution in [0.15, 0.2) is 24.3 Å². The summed E-state index contributed by atoms with van der Waals surface area (Å²) in [6.45, 7) is 12.8. The predicted octanol–water partition coefficient (Wildman–Crippen LogP) is 4.29. The molecule has 0 aromatic heterocycles. The van der Waals surface area contributed by atoms with Gasteiger partial charge >= 0.3 is 0 Å². The molecule has 0 spiro atoms. The molecule has 0 radical (unpaired) electrons. The Morgan fingerprint density at radius 3 is 2.55 bits per heavy atom. The van der Waals surface area contributed by atoms with Crippen molar-refractivity contribution in [1.82, 2.24) is 0 Å². The van der Waals surface area contributed by atoms with Crippen LogP contribution in [0.2, 0.25) is 0 Å².